The molecule has 0 aliphatic carbocycles. The number of rotatable bonds is 6. The highest BCUT2D eigenvalue weighted by Gasteiger charge is 2.17. The first-order valence-electron chi connectivity index (χ1n) is 10.3. The summed E-state index contributed by atoms with van der Waals surface area (Å²) in [4.78, 5) is 12.8. The minimum absolute atomic E-state index is 0.0240. The van der Waals surface area contributed by atoms with Crippen LogP contribution in [0.2, 0.25) is 0 Å². The van der Waals surface area contributed by atoms with Crippen LogP contribution in [-0.4, -0.2) is 27.5 Å². The quantitative estimate of drug-likeness (QED) is 0.592. The Morgan fingerprint density at radius 3 is 2.47 bits per heavy atom. The van der Waals surface area contributed by atoms with Crippen molar-refractivity contribution >= 4 is 21.6 Å². The number of nitrogens with one attached hydrogen (secondary N) is 2. The van der Waals surface area contributed by atoms with Gasteiger partial charge >= 0.3 is 0 Å². The first-order valence-corrected chi connectivity index (χ1v) is 11.8. The molecule has 0 fully saturated rings. The van der Waals surface area contributed by atoms with Crippen LogP contribution in [0.15, 0.2) is 71.6 Å². The van der Waals surface area contributed by atoms with Crippen LogP contribution >= 0.6 is 0 Å². The van der Waals surface area contributed by atoms with Crippen molar-refractivity contribution in [2.45, 2.75) is 24.8 Å². The summed E-state index contributed by atoms with van der Waals surface area (Å²) in [5.41, 5.74) is 2.71. The molecule has 0 saturated carbocycles. The molecular formula is C24H24N2O5S. The van der Waals surface area contributed by atoms with Gasteiger partial charge in [0.05, 0.1) is 18.1 Å². The summed E-state index contributed by atoms with van der Waals surface area (Å²) in [6.45, 7) is 3.25. The van der Waals surface area contributed by atoms with Crippen LogP contribution in [0.25, 0.3) is 0 Å². The van der Waals surface area contributed by atoms with Crippen molar-refractivity contribution in [3.05, 3.63) is 83.4 Å². The maximum Gasteiger partial charge on any atom is 0.255 e. The maximum atomic E-state index is 12.7. The van der Waals surface area contributed by atoms with Gasteiger partial charge in [0.2, 0.25) is 10.0 Å². The fourth-order valence-electron chi connectivity index (χ4n) is 3.22. The van der Waals surface area contributed by atoms with Crippen molar-refractivity contribution in [3.8, 4) is 11.5 Å². The molecule has 32 heavy (non-hydrogen) atoms. The second kappa shape index (κ2) is 9.42. The molecule has 8 heteroatoms. The molecule has 1 aliphatic rings. The highest BCUT2D eigenvalue weighted by Crippen LogP contribution is 2.32. The number of fused-ring (bicyclic) bond motifs is 1. The van der Waals surface area contributed by atoms with Crippen LogP contribution in [0.3, 0.4) is 0 Å². The lowest BCUT2D eigenvalue weighted by Crippen LogP contribution is -2.23. The van der Waals surface area contributed by atoms with E-state index in [9.17, 15) is 13.2 Å². The van der Waals surface area contributed by atoms with Gasteiger partial charge in [-0.2, -0.15) is 0 Å². The molecule has 1 heterocycles. The van der Waals surface area contributed by atoms with Crippen molar-refractivity contribution in [1.29, 1.82) is 0 Å². The molecule has 0 radical (unpaired) electrons. The van der Waals surface area contributed by atoms with Gasteiger partial charge in [-0.05, 0) is 42.8 Å². The van der Waals surface area contributed by atoms with Crippen molar-refractivity contribution in [1.82, 2.24) is 4.72 Å². The largest absolute Gasteiger partial charge is 0.490 e. The fraction of sp³-hybridized carbons (Fsp3) is 0.208. The lowest BCUT2D eigenvalue weighted by molar-refractivity contribution is 0.102. The molecule has 1 aliphatic heterocycles. The number of carbonyl (C=O) groups excluding carboxylic acids is 1. The van der Waals surface area contributed by atoms with E-state index in [0.29, 0.717) is 30.4 Å². The SMILES string of the molecule is Cc1ccc(CNS(=O)(=O)c2cccc(C(=O)Nc3ccc4c(c3)OCCCO4)c2)cc1. The Balaban J connectivity index is 1.46. The fourth-order valence-corrected chi connectivity index (χ4v) is 4.28. The molecule has 0 saturated heterocycles. The van der Waals surface area contributed by atoms with E-state index in [1.54, 1.807) is 30.3 Å². The third-order valence-corrected chi connectivity index (χ3v) is 6.40. The number of carbonyl (C=O) groups is 1. The van der Waals surface area contributed by atoms with Crippen molar-refractivity contribution < 1.29 is 22.7 Å². The zero-order chi connectivity index (χ0) is 22.6. The van der Waals surface area contributed by atoms with Gasteiger partial charge < -0.3 is 14.8 Å². The monoisotopic (exact) mass is 452 g/mol. The van der Waals surface area contributed by atoms with Gasteiger partial charge in [-0.15, -0.1) is 0 Å². The minimum atomic E-state index is -3.78. The van der Waals surface area contributed by atoms with Crippen LogP contribution in [0.4, 0.5) is 5.69 Å². The second-order valence-electron chi connectivity index (χ2n) is 7.50. The van der Waals surface area contributed by atoms with Gasteiger partial charge in [-0.3, -0.25) is 4.79 Å². The molecule has 3 aromatic rings. The lowest BCUT2D eigenvalue weighted by Gasteiger charge is -2.11. The minimum Gasteiger partial charge on any atom is -0.490 e. The molecule has 3 aromatic carbocycles. The Bertz CT molecular complexity index is 1220. The Labute approximate surface area is 187 Å². The van der Waals surface area contributed by atoms with Crippen molar-refractivity contribution in [2.75, 3.05) is 18.5 Å². The number of amides is 1. The molecule has 2 N–H and O–H groups in total. The van der Waals surface area contributed by atoms with E-state index in [-0.39, 0.29) is 17.0 Å². The van der Waals surface area contributed by atoms with E-state index in [4.69, 9.17) is 9.47 Å². The van der Waals surface area contributed by atoms with Crippen LogP contribution in [-0.2, 0) is 16.6 Å². The van der Waals surface area contributed by atoms with Crippen LogP contribution in [0, 0.1) is 6.92 Å². The molecule has 0 unspecified atom stereocenters. The average Bonchev–Trinajstić information content (AvgIpc) is 3.04. The van der Waals surface area contributed by atoms with Crippen LogP contribution in [0.5, 0.6) is 11.5 Å². The Kier molecular flexibility index (Phi) is 6.43. The smallest absolute Gasteiger partial charge is 0.255 e. The highest BCUT2D eigenvalue weighted by molar-refractivity contribution is 7.89. The Morgan fingerprint density at radius 2 is 1.69 bits per heavy atom. The van der Waals surface area contributed by atoms with Gasteiger partial charge in [0.25, 0.3) is 5.91 Å². The van der Waals surface area contributed by atoms with Gasteiger partial charge in [0, 0.05) is 30.3 Å². The average molecular weight is 453 g/mol. The number of anilines is 1. The normalized spacial score (nSPS) is 13.3. The summed E-state index contributed by atoms with van der Waals surface area (Å²) in [6, 6.07) is 18.7. The van der Waals surface area contributed by atoms with Crippen LogP contribution < -0.4 is 19.5 Å². The standard InChI is InChI=1S/C24H24N2O5S/c1-17-6-8-18(9-7-17)16-25-32(28,29)21-5-2-4-19(14-21)24(27)26-20-10-11-22-23(15-20)31-13-3-12-30-22/h2,4-11,14-15,25H,3,12-13,16H2,1H3,(H,26,27). The number of sulfonamides is 1. The summed E-state index contributed by atoms with van der Waals surface area (Å²) < 4.78 is 39.3. The number of hydrogen-bond acceptors (Lipinski definition) is 5. The predicted octanol–water partition coefficient (Wildman–Crippen LogP) is 3.89. The van der Waals surface area contributed by atoms with E-state index in [2.05, 4.69) is 10.0 Å². The molecule has 0 spiro atoms. The zero-order valence-corrected chi connectivity index (χ0v) is 18.4. The Morgan fingerprint density at radius 1 is 0.938 bits per heavy atom. The molecule has 0 aromatic heterocycles. The lowest BCUT2D eigenvalue weighted by atomic mass is 10.2. The maximum absolute atomic E-state index is 12.7. The second-order valence-corrected chi connectivity index (χ2v) is 9.27. The van der Waals surface area contributed by atoms with E-state index >= 15 is 0 Å². The predicted molar refractivity (Wildman–Crippen MR) is 122 cm³/mol. The number of aryl methyl sites for hydroxylation is 1. The van der Waals surface area contributed by atoms with E-state index in [1.165, 1.54) is 12.1 Å². The summed E-state index contributed by atoms with van der Waals surface area (Å²) in [6.07, 6.45) is 0.787. The molecule has 166 valence electrons. The number of hydrogen-bond donors (Lipinski definition) is 2. The zero-order valence-electron chi connectivity index (χ0n) is 17.6. The molecule has 0 bridgehead atoms. The van der Waals surface area contributed by atoms with E-state index in [0.717, 1.165) is 17.5 Å². The van der Waals surface area contributed by atoms with Gasteiger partial charge in [-0.1, -0.05) is 35.9 Å². The van der Waals surface area contributed by atoms with Gasteiger partial charge in [0.1, 0.15) is 0 Å². The summed E-state index contributed by atoms with van der Waals surface area (Å²) in [5, 5.41) is 2.78. The van der Waals surface area contributed by atoms with Crippen LogP contribution in [0.1, 0.15) is 27.9 Å². The molecule has 4 rings (SSSR count). The highest BCUT2D eigenvalue weighted by atomic mass is 32.2. The molecule has 1 amide bonds. The summed E-state index contributed by atoms with van der Waals surface area (Å²) in [7, 11) is -3.78. The van der Waals surface area contributed by atoms with Crippen molar-refractivity contribution in [2.24, 2.45) is 0 Å². The first-order chi connectivity index (χ1) is 15.4. The van der Waals surface area contributed by atoms with Crippen molar-refractivity contribution in [3.63, 3.8) is 0 Å². The van der Waals surface area contributed by atoms with E-state index in [1.807, 2.05) is 31.2 Å². The number of benzene rings is 3. The van der Waals surface area contributed by atoms with E-state index < -0.39 is 15.9 Å². The molecule has 7 nitrogen and oxygen atoms in total. The Hall–Kier alpha value is -3.36. The molecule has 0 atom stereocenters. The molecular weight excluding hydrogens is 428 g/mol. The number of ether oxygens (including phenoxy) is 2. The van der Waals surface area contributed by atoms with Gasteiger partial charge in [0.15, 0.2) is 11.5 Å². The topological polar surface area (TPSA) is 93.7 Å². The third kappa shape index (κ3) is 5.27. The third-order valence-electron chi connectivity index (χ3n) is 5.00. The summed E-state index contributed by atoms with van der Waals surface area (Å²) >= 11 is 0. The van der Waals surface area contributed by atoms with Gasteiger partial charge in [-0.25, -0.2) is 13.1 Å². The first kappa shape index (κ1) is 21.9. The summed E-state index contributed by atoms with van der Waals surface area (Å²) in [5.74, 6) is 0.778.